The Hall–Kier alpha value is -2.89. The van der Waals surface area contributed by atoms with E-state index in [-0.39, 0.29) is 11.9 Å². The van der Waals surface area contributed by atoms with Crippen LogP contribution in [0, 0.1) is 0 Å². The molecule has 0 saturated carbocycles. The van der Waals surface area contributed by atoms with Crippen molar-refractivity contribution in [1.29, 1.82) is 0 Å². The van der Waals surface area contributed by atoms with Gasteiger partial charge in [0, 0.05) is 15.1 Å². The monoisotopic (exact) mass is 654 g/mol. The molecule has 2 aromatic carbocycles. The molecule has 0 atom stereocenters. The smallest absolute Gasteiger partial charge is 0.141 e. The van der Waals surface area contributed by atoms with Gasteiger partial charge in [-0.15, -0.1) is 0 Å². The van der Waals surface area contributed by atoms with Crippen LogP contribution >= 0.6 is 45.8 Å². The normalized spacial score (nSPS) is 10.3. The van der Waals surface area contributed by atoms with E-state index in [9.17, 15) is 5.11 Å². The molecule has 0 unspecified atom stereocenters. The second-order valence-corrected chi connectivity index (χ2v) is 11.4. The van der Waals surface area contributed by atoms with Crippen LogP contribution in [-0.2, 0) is 0 Å². The van der Waals surface area contributed by atoms with Gasteiger partial charge in [0.05, 0.1) is 52.3 Å². The zero-order chi connectivity index (χ0) is 27.5. The van der Waals surface area contributed by atoms with Crippen LogP contribution in [0.1, 0.15) is 27.7 Å². The minimum Gasteiger partial charge on any atom is -0.508 e. The number of nitrogens with two attached hydrogens (primary N) is 2. The summed E-state index contributed by atoms with van der Waals surface area (Å²) in [4.78, 5) is 16.2. The van der Waals surface area contributed by atoms with Gasteiger partial charge in [0.1, 0.15) is 23.1 Å². The molecule has 11 heteroatoms. The molecule has 0 spiro atoms. The fourth-order valence-corrected chi connectivity index (χ4v) is 3.14. The van der Waals surface area contributed by atoms with Crippen molar-refractivity contribution in [3.05, 3.63) is 71.2 Å². The maximum Gasteiger partial charge on any atom is 0.141 e. The van der Waals surface area contributed by atoms with E-state index in [0.29, 0.717) is 38.6 Å². The van der Waals surface area contributed by atoms with E-state index in [1.807, 2.05) is 26.0 Å². The van der Waals surface area contributed by atoms with Gasteiger partial charge < -0.3 is 21.3 Å². The zero-order valence-corrected chi connectivity index (χ0v) is 24.5. The summed E-state index contributed by atoms with van der Waals surface area (Å²) in [5.74, 6) is 1.61. The number of rotatable bonds is 4. The minimum atomic E-state index is 0.108. The van der Waals surface area contributed by atoms with Crippen molar-refractivity contribution >= 4 is 57.4 Å². The summed E-state index contributed by atoms with van der Waals surface area (Å²) in [5, 5.41) is 10.4. The van der Waals surface area contributed by atoms with E-state index in [0.717, 1.165) is 15.2 Å². The SMILES string of the molecule is CC(C)I.CC(C)Oc1ccc(Cl)c(-c2cnc(N)cn2)c1.Nc1cnc(-c2cc(O)ccc2Cl)cn1. The molecular weight excluding hydrogens is 626 g/mol. The Labute approximate surface area is 240 Å². The third kappa shape index (κ3) is 10.6. The maximum absolute atomic E-state index is 9.32. The minimum absolute atomic E-state index is 0.108. The molecule has 0 saturated heterocycles. The number of benzene rings is 2. The fraction of sp³-hybridized carbons (Fsp3) is 0.231. The topological polar surface area (TPSA) is 133 Å². The Kier molecular flexibility index (Phi) is 12.1. The molecule has 37 heavy (non-hydrogen) atoms. The largest absolute Gasteiger partial charge is 0.508 e. The first-order valence-electron chi connectivity index (χ1n) is 11.2. The van der Waals surface area contributed by atoms with Gasteiger partial charge in [-0.2, -0.15) is 0 Å². The van der Waals surface area contributed by atoms with E-state index >= 15 is 0 Å². The highest BCUT2D eigenvalue weighted by Crippen LogP contribution is 2.31. The number of aromatic hydroxyl groups is 1. The number of hydrogen-bond donors (Lipinski definition) is 3. The van der Waals surface area contributed by atoms with Gasteiger partial charge in [-0.05, 0) is 50.2 Å². The van der Waals surface area contributed by atoms with Crippen LogP contribution < -0.4 is 16.2 Å². The van der Waals surface area contributed by atoms with Gasteiger partial charge in [-0.3, -0.25) is 9.97 Å². The number of nitrogen functional groups attached to an aromatic ring is 2. The van der Waals surface area contributed by atoms with Crippen molar-refractivity contribution < 1.29 is 9.84 Å². The second kappa shape index (κ2) is 14.7. The number of aromatic nitrogens is 4. The van der Waals surface area contributed by atoms with Gasteiger partial charge in [0.25, 0.3) is 0 Å². The maximum atomic E-state index is 9.32. The van der Waals surface area contributed by atoms with Crippen LogP contribution in [0.5, 0.6) is 11.5 Å². The molecule has 4 rings (SSSR count). The van der Waals surface area contributed by atoms with Gasteiger partial charge >= 0.3 is 0 Å². The highest BCUT2D eigenvalue weighted by atomic mass is 127. The summed E-state index contributed by atoms with van der Waals surface area (Å²) >= 11 is 14.5. The third-order valence-electron chi connectivity index (χ3n) is 4.16. The first kappa shape index (κ1) is 30.3. The molecule has 0 bridgehead atoms. The summed E-state index contributed by atoms with van der Waals surface area (Å²) in [6, 6.07) is 10.1. The number of phenols is 1. The Morgan fingerprint density at radius 3 is 1.65 bits per heavy atom. The average molecular weight is 655 g/mol. The Morgan fingerprint density at radius 1 is 0.757 bits per heavy atom. The van der Waals surface area contributed by atoms with Gasteiger partial charge in [0.2, 0.25) is 0 Å². The molecule has 196 valence electrons. The van der Waals surface area contributed by atoms with Crippen molar-refractivity contribution in [1.82, 2.24) is 19.9 Å². The summed E-state index contributed by atoms with van der Waals surface area (Å²) in [7, 11) is 0. The van der Waals surface area contributed by atoms with Crippen LogP contribution in [0.15, 0.2) is 61.2 Å². The van der Waals surface area contributed by atoms with Crippen molar-refractivity contribution in [2.45, 2.75) is 37.7 Å². The molecule has 0 amide bonds. The molecule has 0 aliphatic heterocycles. The van der Waals surface area contributed by atoms with Gasteiger partial charge in [-0.1, -0.05) is 59.6 Å². The van der Waals surface area contributed by atoms with Gasteiger partial charge in [-0.25, -0.2) is 9.97 Å². The lowest BCUT2D eigenvalue weighted by molar-refractivity contribution is 0.242. The molecule has 2 aromatic heterocycles. The molecule has 4 aromatic rings. The Morgan fingerprint density at radius 2 is 1.22 bits per heavy atom. The van der Waals surface area contributed by atoms with Crippen molar-refractivity contribution in [2.24, 2.45) is 0 Å². The number of alkyl halides is 1. The Bertz CT molecular complexity index is 1270. The first-order valence-corrected chi connectivity index (χ1v) is 13.2. The lowest BCUT2D eigenvalue weighted by atomic mass is 10.1. The van der Waals surface area contributed by atoms with E-state index in [2.05, 4.69) is 56.4 Å². The number of nitrogens with zero attached hydrogens (tertiary/aromatic N) is 4. The van der Waals surface area contributed by atoms with Crippen LogP contribution in [0.4, 0.5) is 11.6 Å². The van der Waals surface area contributed by atoms with E-state index in [4.69, 9.17) is 39.4 Å². The number of hydrogen-bond acceptors (Lipinski definition) is 8. The van der Waals surface area contributed by atoms with E-state index < -0.39 is 0 Å². The fourth-order valence-electron chi connectivity index (χ4n) is 2.71. The average Bonchev–Trinajstić information content (AvgIpc) is 2.83. The Balaban J connectivity index is 0.000000230. The summed E-state index contributed by atoms with van der Waals surface area (Å²) in [6.07, 6.45) is 6.15. The van der Waals surface area contributed by atoms with Crippen LogP contribution in [-0.4, -0.2) is 35.1 Å². The molecule has 8 nitrogen and oxygen atoms in total. The van der Waals surface area contributed by atoms with Crippen LogP contribution in [0.2, 0.25) is 10.0 Å². The highest BCUT2D eigenvalue weighted by Gasteiger charge is 2.09. The molecular formula is C26H29Cl2IN6O2. The number of phenolic OH excluding ortho intramolecular Hbond substituents is 1. The molecule has 0 aliphatic rings. The lowest BCUT2D eigenvalue weighted by Crippen LogP contribution is -2.05. The van der Waals surface area contributed by atoms with Crippen molar-refractivity contribution in [3.8, 4) is 34.0 Å². The number of ether oxygens (including phenoxy) is 1. The molecule has 0 aliphatic carbocycles. The molecule has 0 fully saturated rings. The quantitative estimate of drug-likeness (QED) is 0.157. The molecule has 0 radical (unpaired) electrons. The standard InChI is InChI=1S/C13H14ClN3O.C10H8ClN3O.C3H7I/c1-8(2)18-9-3-4-11(14)10(5-9)12-6-17-13(15)7-16-12;11-8-2-1-6(15)3-7(8)9-4-14-10(12)5-13-9;1-3(2)4/h3-8H,1-2H3,(H2,15,17);1-5,15H,(H2,12,14);3H,1-2H3. The highest BCUT2D eigenvalue weighted by molar-refractivity contribution is 14.1. The lowest BCUT2D eigenvalue weighted by Gasteiger charge is -2.11. The zero-order valence-electron chi connectivity index (χ0n) is 20.9. The molecule has 5 N–H and O–H groups in total. The number of anilines is 2. The summed E-state index contributed by atoms with van der Waals surface area (Å²) in [5.41, 5.74) is 13.6. The molecule has 2 heterocycles. The van der Waals surface area contributed by atoms with Crippen molar-refractivity contribution in [2.75, 3.05) is 11.5 Å². The van der Waals surface area contributed by atoms with E-state index in [1.54, 1.807) is 18.3 Å². The van der Waals surface area contributed by atoms with E-state index in [1.165, 1.54) is 30.7 Å². The second-order valence-electron chi connectivity index (χ2n) is 8.14. The van der Waals surface area contributed by atoms with Crippen LogP contribution in [0.25, 0.3) is 22.5 Å². The predicted octanol–water partition coefficient (Wildman–Crippen LogP) is 7.08. The number of halogens is 3. The van der Waals surface area contributed by atoms with Crippen molar-refractivity contribution in [3.63, 3.8) is 0 Å². The van der Waals surface area contributed by atoms with Gasteiger partial charge in [0.15, 0.2) is 0 Å². The summed E-state index contributed by atoms with van der Waals surface area (Å²) < 4.78 is 6.43. The first-order chi connectivity index (χ1) is 17.5. The predicted molar refractivity (Wildman–Crippen MR) is 160 cm³/mol. The van der Waals surface area contributed by atoms with Crippen LogP contribution in [0.3, 0.4) is 0 Å². The third-order valence-corrected chi connectivity index (χ3v) is 4.81. The summed E-state index contributed by atoms with van der Waals surface area (Å²) in [6.45, 7) is 8.25.